The summed E-state index contributed by atoms with van der Waals surface area (Å²) >= 11 is 1.22. The molecule has 0 aliphatic carbocycles. The molecule has 0 spiro atoms. The maximum absolute atomic E-state index is 13.2. The van der Waals surface area contributed by atoms with E-state index in [9.17, 15) is 17.6 Å². The van der Waals surface area contributed by atoms with E-state index >= 15 is 0 Å². The van der Waals surface area contributed by atoms with Crippen molar-refractivity contribution < 1.29 is 17.6 Å². The van der Waals surface area contributed by atoms with Crippen molar-refractivity contribution in [3.05, 3.63) is 59.4 Å². The van der Waals surface area contributed by atoms with Crippen LogP contribution in [0.3, 0.4) is 0 Å². The Bertz CT molecular complexity index is 1170. The first-order valence-corrected chi connectivity index (χ1v) is 12.8. The van der Waals surface area contributed by atoms with Crippen molar-refractivity contribution in [2.24, 2.45) is 7.05 Å². The Labute approximate surface area is 190 Å². The molecule has 3 heterocycles. The molecule has 3 aromatic rings. The van der Waals surface area contributed by atoms with E-state index in [2.05, 4.69) is 10.4 Å². The number of hydrogen-bond donors (Lipinski definition) is 1. The number of hydrogen-bond acceptors (Lipinski definition) is 5. The van der Waals surface area contributed by atoms with E-state index in [1.807, 2.05) is 0 Å². The highest BCUT2D eigenvalue weighted by atomic mass is 32.2. The molecule has 0 saturated carbocycles. The molecule has 1 N–H and O–H groups in total. The largest absolute Gasteiger partial charge is 0.351 e. The molecule has 170 valence electrons. The third kappa shape index (κ3) is 4.77. The fourth-order valence-corrected chi connectivity index (χ4v) is 6.83. The summed E-state index contributed by atoms with van der Waals surface area (Å²) in [4.78, 5) is 12.7. The van der Waals surface area contributed by atoms with Crippen molar-refractivity contribution in [2.45, 2.75) is 35.9 Å². The summed E-state index contributed by atoms with van der Waals surface area (Å²) in [6.07, 6.45) is 3.13. The number of benzene rings is 1. The van der Waals surface area contributed by atoms with E-state index in [1.54, 1.807) is 47.1 Å². The van der Waals surface area contributed by atoms with Gasteiger partial charge in [-0.25, -0.2) is 12.8 Å². The van der Waals surface area contributed by atoms with Gasteiger partial charge in [0.2, 0.25) is 0 Å². The van der Waals surface area contributed by atoms with Crippen LogP contribution in [0.15, 0.2) is 52.1 Å². The number of aryl methyl sites for hydroxylation is 1. The molecule has 1 saturated heterocycles. The zero-order chi connectivity index (χ0) is 22.7. The van der Waals surface area contributed by atoms with E-state index in [0.717, 1.165) is 24.8 Å². The minimum absolute atomic E-state index is 0.141. The smallest absolute Gasteiger partial charge is 0.269 e. The van der Waals surface area contributed by atoms with Crippen molar-refractivity contribution in [3.63, 3.8) is 0 Å². The molecule has 0 unspecified atom stereocenters. The number of thiophene rings is 1. The average molecular weight is 477 g/mol. The third-order valence-corrected chi connectivity index (χ3v) is 8.97. The normalized spacial score (nSPS) is 17.4. The summed E-state index contributed by atoms with van der Waals surface area (Å²) in [5.74, 6) is -0.614. The number of aromatic nitrogens is 2. The number of nitrogens with one attached hydrogen (secondary N) is 1. The average Bonchev–Trinajstić information content (AvgIpc) is 3.45. The van der Waals surface area contributed by atoms with E-state index in [1.165, 1.54) is 28.2 Å². The second kappa shape index (κ2) is 9.51. The third-order valence-electron chi connectivity index (χ3n) is 5.65. The molecular formula is C22H25FN4O3S2. The summed E-state index contributed by atoms with van der Waals surface area (Å²) in [6, 6.07) is 10.8. The first kappa shape index (κ1) is 22.6. The van der Waals surface area contributed by atoms with Crippen molar-refractivity contribution in [2.75, 3.05) is 13.1 Å². The Kier molecular flexibility index (Phi) is 6.73. The quantitative estimate of drug-likeness (QED) is 0.564. The first-order chi connectivity index (χ1) is 15.4. The minimum atomic E-state index is -3.51. The lowest BCUT2D eigenvalue weighted by molar-refractivity contribution is 0.0940. The van der Waals surface area contributed by atoms with E-state index in [-0.39, 0.29) is 17.8 Å². The number of halogens is 1. The van der Waals surface area contributed by atoms with Crippen molar-refractivity contribution in [3.8, 4) is 11.3 Å². The van der Waals surface area contributed by atoms with Gasteiger partial charge in [0.05, 0.1) is 5.69 Å². The maximum atomic E-state index is 13.2. The Balaban J connectivity index is 1.39. The number of rotatable bonds is 7. The van der Waals surface area contributed by atoms with E-state index in [0.29, 0.717) is 35.1 Å². The Morgan fingerprint density at radius 2 is 2.03 bits per heavy atom. The van der Waals surface area contributed by atoms with Gasteiger partial charge in [-0.2, -0.15) is 9.40 Å². The van der Waals surface area contributed by atoms with Gasteiger partial charge in [-0.3, -0.25) is 9.48 Å². The van der Waals surface area contributed by atoms with Crippen LogP contribution in [0.1, 0.15) is 36.2 Å². The molecule has 1 fully saturated rings. The highest BCUT2D eigenvalue weighted by Crippen LogP contribution is 2.29. The number of carbonyl (C=O) groups is 1. The van der Waals surface area contributed by atoms with Gasteiger partial charge >= 0.3 is 0 Å². The number of carbonyl (C=O) groups excluding carboxylic acids is 1. The first-order valence-electron chi connectivity index (χ1n) is 10.5. The highest BCUT2D eigenvalue weighted by Gasteiger charge is 2.33. The summed E-state index contributed by atoms with van der Waals surface area (Å²) in [5, 5.41) is 9.00. The lowest BCUT2D eigenvalue weighted by Crippen LogP contribution is -2.45. The van der Waals surface area contributed by atoms with Crippen LogP contribution in [0.4, 0.5) is 4.39 Å². The molecule has 1 aliphatic rings. The molecule has 7 nitrogen and oxygen atoms in total. The highest BCUT2D eigenvalue weighted by molar-refractivity contribution is 7.91. The van der Waals surface area contributed by atoms with Gasteiger partial charge in [-0.05, 0) is 61.0 Å². The van der Waals surface area contributed by atoms with Gasteiger partial charge in [0.15, 0.2) is 0 Å². The summed E-state index contributed by atoms with van der Waals surface area (Å²) in [7, 11) is -1.83. The Morgan fingerprint density at radius 3 is 2.75 bits per heavy atom. The van der Waals surface area contributed by atoms with Crippen LogP contribution in [0.2, 0.25) is 0 Å². The van der Waals surface area contributed by atoms with Gasteiger partial charge in [0, 0.05) is 31.7 Å². The van der Waals surface area contributed by atoms with Gasteiger partial charge in [-0.15, -0.1) is 11.3 Å². The minimum Gasteiger partial charge on any atom is -0.351 e. The number of sulfonamides is 1. The van der Waals surface area contributed by atoms with Crippen LogP contribution in [-0.4, -0.2) is 47.5 Å². The fraction of sp³-hybridized carbons (Fsp3) is 0.364. The topological polar surface area (TPSA) is 84.3 Å². The number of amides is 1. The Hall–Kier alpha value is -2.56. The van der Waals surface area contributed by atoms with Crippen LogP contribution in [-0.2, 0) is 17.1 Å². The zero-order valence-electron chi connectivity index (χ0n) is 17.7. The lowest BCUT2D eigenvalue weighted by atomic mass is 10.0. The van der Waals surface area contributed by atoms with Crippen LogP contribution < -0.4 is 5.32 Å². The van der Waals surface area contributed by atoms with Gasteiger partial charge in [-0.1, -0.05) is 12.5 Å². The van der Waals surface area contributed by atoms with Gasteiger partial charge in [0.25, 0.3) is 15.9 Å². The number of nitrogens with zero attached hydrogens (tertiary/aromatic N) is 3. The zero-order valence-corrected chi connectivity index (χ0v) is 19.3. The maximum Gasteiger partial charge on any atom is 0.269 e. The predicted molar refractivity (Wildman–Crippen MR) is 121 cm³/mol. The SMILES string of the molecule is Cn1nc(-c2ccc(F)cc2)cc1C(=O)NCC[C@H]1CCCCN1S(=O)(=O)c1cccs1. The van der Waals surface area contributed by atoms with Crippen LogP contribution in [0, 0.1) is 5.82 Å². The van der Waals surface area contributed by atoms with Gasteiger partial charge < -0.3 is 5.32 Å². The molecule has 4 rings (SSSR count). The molecule has 0 bridgehead atoms. The monoisotopic (exact) mass is 476 g/mol. The molecule has 0 radical (unpaired) electrons. The molecule has 1 atom stereocenters. The molecule has 1 aliphatic heterocycles. The second-order valence-corrected chi connectivity index (χ2v) is 10.9. The van der Waals surface area contributed by atoms with E-state index in [4.69, 9.17) is 0 Å². The Morgan fingerprint density at radius 1 is 1.25 bits per heavy atom. The predicted octanol–water partition coefficient (Wildman–Crippen LogP) is 3.65. The summed E-state index contributed by atoms with van der Waals surface area (Å²) in [6.45, 7) is 0.860. The molecule has 2 aromatic heterocycles. The van der Waals surface area contributed by atoms with Crippen LogP contribution >= 0.6 is 11.3 Å². The van der Waals surface area contributed by atoms with Crippen molar-refractivity contribution in [1.82, 2.24) is 19.4 Å². The fourth-order valence-electron chi connectivity index (χ4n) is 3.99. The van der Waals surface area contributed by atoms with E-state index < -0.39 is 10.0 Å². The molecule has 10 heteroatoms. The second-order valence-electron chi connectivity index (χ2n) is 7.79. The van der Waals surface area contributed by atoms with Crippen LogP contribution in [0.25, 0.3) is 11.3 Å². The number of piperidine rings is 1. The summed E-state index contributed by atoms with van der Waals surface area (Å²) < 4.78 is 42.6. The van der Waals surface area contributed by atoms with Crippen molar-refractivity contribution in [1.29, 1.82) is 0 Å². The molecule has 1 amide bonds. The molecule has 32 heavy (non-hydrogen) atoms. The molecule has 1 aromatic carbocycles. The lowest BCUT2D eigenvalue weighted by Gasteiger charge is -2.34. The molecular weight excluding hydrogens is 451 g/mol. The van der Waals surface area contributed by atoms with Crippen LogP contribution in [0.5, 0.6) is 0 Å². The standard InChI is InChI=1S/C22H25FN4O3S2/c1-26-20(15-19(25-26)16-7-9-17(23)10-8-16)22(28)24-12-11-18-5-2-3-13-27(18)32(29,30)21-6-4-14-31-21/h4,6-10,14-15,18H,2-3,5,11-13H2,1H3,(H,24,28)/t18-/m1/s1. The van der Waals surface area contributed by atoms with Gasteiger partial charge in [0.1, 0.15) is 15.7 Å². The summed E-state index contributed by atoms with van der Waals surface area (Å²) in [5.41, 5.74) is 1.69. The van der Waals surface area contributed by atoms with Crippen molar-refractivity contribution >= 4 is 27.3 Å².